The third-order valence-electron chi connectivity index (χ3n) is 3.57. The number of nitrogens with one attached hydrogen (secondary N) is 1. The van der Waals surface area contributed by atoms with Crippen molar-refractivity contribution in [1.29, 1.82) is 0 Å². The summed E-state index contributed by atoms with van der Waals surface area (Å²) in [5.41, 5.74) is 1.91. The van der Waals surface area contributed by atoms with Gasteiger partial charge in [-0.3, -0.25) is 4.79 Å². The zero-order valence-corrected chi connectivity index (χ0v) is 15.2. The van der Waals surface area contributed by atoms with Crippen molar-refractivity contribution in [3.63, 3.8) is 0 Å². The van der Waals surface area contributed by atoms with Gasteiger partial charge in [0.05, 0.1) is 11.5 Å². The number of hydrogen-bond acceptors (Lipinski definition) is 4. The molecule has 0 aliphatic heterocycles. The van der Waals surface area contributed by atoms with Gasteiger partial charge in [0.2, 0.25) is 5.91 Å². The maximum Gasteiger partial charge on any atom is 0.235 e. The van der Waals surface area contributed by atoms with Gasteiger partial charge in [-0.05, 0) is 49.4 Å². The molecule has 1 rings (SSSR count). The summed E-state index contributed by atoms with van der Waals surface area (Å²) < 4.78 is 29.8. The van der Waals surface area contributed by atoms with Crippen LogP contribution in [0.25, 0.3) is 0 Å². The van der Waals surface area contributed by atoms with Crippen LogP contribution in [0, 0.1) is 19.8 Å². The van der Waals surface area contributed by atoms with Crippen molar-refractivity contribution in [3.05, 3.63) is 29.3 Å². The Morgan fingerprint density at radius 3 is 2.48 bits per heavy atom. The fourth-order valence-corrected chi connectivity index (χ4v) is 3.14. The SMILES string of the molecule is Cc1ccc(S(=O)(=O)CC(=O)NCCOCCC(C)C)cc1C. The van der Waals surface area contributed by atoms with Gasteiger partial charge in [0.1, 0.15) is 5.75 Å². The lowest BCUT2D eigenvalue weighted by Gasteiger charge is -2.09. The summed E-state index contributed by atoms with van der Waals surface area (Å²) in [5, 5.41) is 2.58. The van der Waals surface area contributed by atoms with Crippen LogP contribution in [0.15, 0.2) is 23.1 Å². The van der Waals surface area contributed by atoms with Crippen LogP contribution in [0.2, 0.25) is 0 Å². The molecule has 0 aliphatic rings. The van der Waals surface area contributed by atoms with E-state index < -0.39 is 21.5 Å². The number of amides is 1. The van der Waals surface area contributed by atoms with E-state index in [9.17, 15) is 13.2 Å². The summed E-state index contributed by atoms with van der Waals surface area (Å²) in [6, 6.07) is 4.90. The second-order valence-electron chi connectivity index (χ2n) is 6.15. The molecule has 1 amide bonds. The zero-order chi connectivity index (χ0) is 17.5. The maximum absolute atomic E-state index is 12.2. The van der Waals surface area contributed by atoms with Gasteiger partial charge in [-0.25, -0.2) is 8.42 Å². The summed E-state index contributed by atoms with van der Waals surface area (Å²) in [5.74, 6) is -0.468. The fourth-order valence-electron chi connectivity index (χ4n) is 1.90. The third kappa shape index (κ3) is 7.14. The van der Waals surface area contributed by atoms with E-state index >= 15 is 0 Å². The zero-order valence-electron chi connectivity index (χ0n) is 14.4. The molecule has 6 heteroatoms. The van der Waals surface area contributed by atoms with E-state index in [4.69, 9.17) is 4.74 Å². The minimum atomic E-state index is -3.61. The predicted octanol–water partition coefficient (Wildman–Crippen LogP) is 2.26. The molecule has 0 bridgehead atoms. The molecule has 0 saturated heterocycles. The summed E-state index contributed by atoms with van der Waals surface area (Å²) in [6.07, 6.45) is 0.967. The highest BCUT2D eigenvalue weighted by Crippen LogP contribution is 2.16. The number of ether oxygens (including phenoxy) is 1. The van der Waals surface area contributed by atoms with Gasteiger partial charge in [-0.1, -0.05) is 19.9 Å². The first-order chi connectivity index (χ1) is 10.7. The van der Waals surface area contributed by atoms with Crippen molar-refractivity contribution < 1.29 is 17.9 Å². The van der Waals surface area contributed by atoms with Gasteiger partial charge in [-0.2, -0.15) is 0 Å². The van der Waals surface area contributed by atoms with Crippen molar-refractivity contribution in [1.82, 2.24) is 5.32 Å². The molecule has 5 nitrogen and oxygen atoms in total. The maximum atomic E-state index is 12.2. The highest BCUT2D eigenvalue weighted by Gasteiger charge is 2.19. The average Bonchev–Trinajstić information content (AvgIpc) is 2.44. The molecule has 0 heterocycles. The number of aryl methyl sites for hydroxylation is 2. The second-order valence-corrected chi connectivity index (χ2v) is 8.14. The molecule has 0 atom stereocenters. The molecule has 0 fully saturated rings. The first kappa shape index (κ1) is 19.6. The van der Waals surface area contributed by atoms with Crippen LogP contribution in [0.1, 0.15) is 31.4 Å². The van der Waals surface area contributed by atoms with Crippen LogP contribution < -0.4 is 5.32 Å². The Labute approximate surface area is 139 Å². The quantitative estimate of drug-likeness (QED) is 0.699. The Bertz CT molecular complexity index is 623. The van der Waals surface area contributed by atoms with Crippen LogP contribution in [0.4, 0.5) is 0 Å². The van der Waals surface area contributed by atoms with Crippen molar-refractivity contribution in [3.8, 4) is 0 Å². The van der Waals surface area contributed by atoms with E-state index in [2.05, 4.69) is 19.2 Å². The molecule has 1 aromatic rings. The van der Waals surface area contributed by atoms with E-state index in [1.54, 1.807) is 18.2 Å². The predicted molar refractivity (Wildman–Crippen MR) is 91.3 cm³/mol. The number of carbonyl (C=O) groups is 1. The van der Waals surface area contributed by atoms with Crippen molar-refractivity contribution >= 4 is 15.7 Å². The molecule has 130 valence electrons. The standard InChI is InChI=1S/C17H27NO4S/c1-13(2)7-9-22-10-8-18-17(19)12-23(20,21)16-6-5-14(3)15(4)11-16/h5-6,11,13H,7-10,12H2,1-4H3,(H,18,19). The van der Waals surface area contributed by atoms with Crippen LogP contribution >= 0.6 is 0 Å². The molecule has 0 radical (unpaired) electrons. The van der Waals surface area contributed by atoms with Gasteiger partial charge < -0.3 is 10.1 Å². The third-order valence-corrected chi connectivity index (χ3v) is 5.18. The Hall–Kier alpha value is -1.40. The van der Waals surface area contributed by atoms with Crippen molar-refractivity contribution in [2.24, 2.45) is 5.92 Å². The molecule has 1 N–H and O–H groups in total. The minimum absolute atomic E-state index is 0.184. The highest BCUT2D eigenvalue weighted by atomic mass is 32.2. The summed E-state index contributed by atoms with van der Waals surface area (Å²) in [4.78, 5) is 12.0. The number of rotatable bonds is 9. The number of benzene rings is 1. The summed E-state index contributed by atoms with van der Waals surface area (Å²) in [7, 11) is -3.61. The highest BCUT2D eigenvalue weighted by molar-refractivity contribution is 7.92. The van der Waals surface area contributed by atoms with Gasteiger partial charge >= 0.3 is 0 Å². The summed E-state index contributed by atoms with van der Waals surface area (Å²) in [6.45, 7) is 9.35. The van der Waals surface area contributed by atoms with Crippen LogP contribution in [0.3, 0.4) is 0 Å². The topological polar surface area (TPSA) is 72.5 Å². The first-order valence-corrected chi connectivity index (χ1v) is 9.52. The molecule has 0 saturated carbocycles. The molecular formula is C17H27NO4S. The average molecular weight is 341 g/mol. The first-order valence-electron chi connectivity index (χ1n) is 7.87. The molecule has 0 aliphatic carbocycles. The summed E-state index contributed by atoms with van der Waals surface area (Å²) >= 11 is 0. The smallest absolute Gasteiger partial charge is 0.235 e. The number of sulfone groups is 1. The van der Waals surface area contributed by atoms with Crippen LogP contribution in [-0.4, -0.2) is 39.8 Å². The largest absolute Gasteiger partial charge is 0.380 e. The van der Waals surface area contributed by atoms with E-state index in [1.807, 2.05) is 13.8 Å². The lowest BCUT2D eigenvalue weighted by molar-refractivity contribution is -0.118. The Morgan fingerprint density at radius 1 is 1.17 bits per heavy atom. The fraction of sp³-hybridized carbons (Fsp3) is 0.588. The number of carbonyl (C=O) groups excluding carboxylic acids is 1. The van der Waals surface area contributed by atoms with Crippen LogP contribution in [0.5, 0.6) is 0 Å². The van der Waals surface area contributed by atoms with Gasteiger partial charge in [0, 0.05) is 13.2 Å². The van der Waals surface area contributed by atoms with Crippen molar-refractivity contribution in [2.45, 2.75) is 39.0 Å². The van der Waals surface area contributed by atoms with E-state index in [1.165, 1.54) is 0 Å². The lowest BCUT2D eigenvalue weighted by Crippen LogP contribution is -2.32. The van der Waals surface area contributed by atoms with Gasteiger partial charge in [0.25, 0.3) is 0 Å². The van der Waals surface area contributed by atoms with Gasteiger partial charge in [0.15, 0.2) is 9.84 Å². The van der Waals surface area contributed by atoms with Crippen LogP contribution in [-0.2, 0) is 19.4 Å². The van der Waals surface area contributed by atoms with Gasteiger partial charge in [-0.15, -0.1) is 0 Å². The van der Waals surface area contributed by atoms with E-state index in [0.29, 0.717) is 25.7 Å². The normalized spacial score (nSPS) is 11.7. The van der Waals surface area contributed by atoms with E-state index in [-0.39, 0.29) is 4.90 Å². The second kappa shape index (κ2) is 9.03. The monoisotopic (exact) mass is 341 g/mol. The Kier molecular flexibility index (Phi) is 7.72. The minimum Gasteiger partial charge on any atom is -0.380 e. The molecule has 1 aromatic carbocycles. The number of hydrogen-bond donors (Lipinski definition) is 1. The molecule has 0 aromatic heterocycles. The Morgan fingerprint density at radius 2 is 1.87 bits per heavy atom. The Balaban J connectivity index is 2.42. The molecule has 23 heavy (non-hydrogen) atoms. The van der Waals surface area contributed by atoms with E-state index in [0.717, 1.165) is 17.5 Å². The molecular weight excluding hydrogens is 314 g/mol. The van der Waals surface area contributed by atoms with Crippen molar-refractivity contribution in [2.75, 3.05) is 25.5 Å². The molecule has 0 spiro atoms. The molecule has 0 unspecified atom stereocenters. The lowest BCUT2D eigenvalue weighted by atomic mass is 10.1.